The van der Waals surface area contributed by atoms with Crippen LogP contribution < -0.4 is 8.37 Å². The Morgan fingerprint density at radius 3 is 1.61 bits per heavy atom. The zero-order chi connectivity index (χ0) is 24.4. The molecule has 174 valence electrons. The number of carbonyl (C=O) groups is 1. The van der Waals surface area contributed by atoms with Crippen molar-refractivity contribution >= 4 is 26.5 Å². The average Bonchev–Trinajstić information content (AvgIpc) is 2.74. The number of aromatic hydroxyl groups is 1. The van der Waals surface area contributed by atoms with Gasteiger partial charge in [-0.05, 0) is 44.5 Å². The number of hydrogen-bond acceptors (Lipinski definition) is 8. The topological polar surface area (TPSA) is 124 Å². The van der Waals surface area contributed by atoms with E-state index in [4.69, 9.17) is 8.37 Å². The lowest BCUT2D eigenvalue weighted by molar-refractivity contribution is 0.111. The van der Waals surface area contributed by atoms with E-state index in [9.17, 15) is 26.7 Å². The summed E-state index contributed by atoms with van der Waals surface area (Å²) in [5.41, 5.74) is 1.23. The van der Waals surface area contributed by atoms with Crippen molar-refractivity contribution in [2.24, 2.45) is 0 Å². The Bertz CT molecular complexity index is 1390. The Morgan fingerprint density at radius 2 is 1.21 bits per heavy atom. The van der Waals surface area contributed by atoms with Gasteiger partial charge in [0.25, 0.3) is 0 Å². The van der Waals surface area contributed by atoms with Crippen molar-refractivity contribution in [2.45, 2.75) is 37.0 Å². The number of benzene rings is 3. The Labute approximate surface area is 192 Å². The molecule has 0 heterocycles. The molecule has 3 aromatic rings. The highest BCUT2D eigenvalue weighted by Gasteiger charge is 2.27. The summed E-state index contributed by atoms with van der Waals surface area (Å²) in [5.74, 6) is -1.54. The summed E-state index contributed by atoms with van der Waals surface area (Å²) in [6, 6.07) is 12.6. The summed E-state index contributed by atoms with van der Waals surface area (Å²) >= 11 is 0. The largest absolute Gasteiger partial charge is 0.507 e. The third-order valence-electron chi connectivity index (χ3n) is 4.86. The molecule has 0 aliphatic rings. The van der Waals surface area contributed by atoms with Gasteiger partial charge in [-0.2, -0.15) is 16.8 Å². The summed E-state index contributed by atoms with van der Waals surface area (Å²) in [4.78, 5) is 11.3. The Morgan fingerprint density at radius 1 is 0.788 bits per heavy atom. The number of hydrogen-bond donors (Lipinski definition) is 1. The molecule has 0 atom stereocenters. The van der Waals surface area contributed by atoms with E-state index in [-0.39, 0.29) is 33.8 Å². The number of aryl methyl sites for hydroxylation is 2. The summed E-state index contributed by atoms with van der Waals surface area (Å²) in [7, 11) is -8.71. The van der Waals surface area contributed by atoms with Crippen molar-refractivity contribution in [1.82, 2.24) is 0 Å². The van der Waals surface area contributed by atoms with E-state index in [1.807, 2.05) is 0 Å². The second-order valence-corrected chi connectivity index (χ2v) is 10.4. The van der Waals surface area contributed by atoms with Gasteiger partial charge in [-0.25, -0.2) is 0 Å². The standard InChI is InChI=1S/C23H22O8S2/c1-4-19-21(30-32(26,27)17-9-5-15(2)6-10-17)13-22(20(14-24)23(19)25)31-33(28,29)18-11-7-16(3)8-12-18/h5-14,25H,4H2,1-3H3. The molecule has 10 heteroatoms. The molecule has 0 aliphatic heterocycles. The van der Waals surface area contributed by atoms with Crippen LogP contribution in [0.1, 0.15) is 34.0 Å². The Hall–Kier alpha value is -3.37. The van der Waals surface area contributed by atoms with Crippen LogP contribution in [0.2, 0.25) is 0 Å². The maximum Gasteiger partial charge on any atom is 0.339 e. The molecule has 8 nitrogen and oxygen atoms in total. The summed E-state index contributed by atoms with van der Waals surface area (Å²) in [6.07, 6.45) is 0.323. The van der Waals surface area contributed by atoms with Crippen LogP contribution in [-0.4, -0.2) is 28.2 Å². The highest BCUT2D eigenvalue weighted by atomic mass is 32.2. The zero-order valence-corrected chi connectivity index (χ0v) is 19.7. The van der Waals surface area contributed by atoms with Gasteiger partial charge in [0.2, 0.25) is 0 Å². The van der Waals surface area contributed by atoms with Gasteiger partial charge in [0, 0.05) is 11.6 Å². The molecule has 33 heavy (non-hydrogen) atoms. The van der Waals surface area contributed by atoms with Gasteiger partial charge in [-0.3, -0.25) is 4.79 Å². The van der Waals surface area contributed by atoms with Crippen molar-refractivity contribution in [2.75, 3.05) is 0 Å². The third kappa shape index (κ3) is 5.18. The Balaban J connectivity index is 2.09. The zero-order valence-electron chi connectivity index (χ0n) is 18.1. The molecule has 1 N–H and O–H groups in total. The van der Waals surface area contributed by atoms with Crippen LogP contribution in [0.5, 0.6) is 17.2 Å². The van der Waals surface area contributed by atoms with Gasteiger partial charge in [0.05, 0.1) is 0 Å². The smallest absolute Gasteiger partial charge is 0.339 e. The normalized spacial score (nSPS) is 11.7. The van der Waals surface area contributed by atoms with Crippen LogP contribution in [0.3, 0.4) is 0 Å². The van der Waals surface area contributed by atoms with E-state index in [1.165, 1.54) is 24.3 Å². The second-order valence-electron chi connectivity index (χ2n) is 7.29. The van der Waals surface area contributed by atoms with E-state index >= 15 is 0 Å². The van der Waals surface area contributed by atoms with Crippen molar-refractivity contribution in [3.8, 4) is 17.2 Å². The summed E-state index contributed by atoms with van der Waals surface area (Å²) in [6.45, 7) is 5.18. The second kappa shape index (κ2) is 9.24. The maximum absolute atomic E-state index is 12.8. The molecular formula is C23H22O8S2. The van der Waals surface area contributed by atoms with E-state index < -0.39 is 37.3 Å². The number of carbonyl (C=O) groups excluding carboxylic acids is 1. The average molecular weight is 491 g/mol. The summed E-state index contributed by atoms with van der Waals surface area (Å²) in [5, 5.41) is 10.6. The van der Waals surface area contributed by atoms with Crippen LogP contribution in [0.4, 0.5) is 0 Å². The first-order valence-electron chi connectivity index (χ1n) is 9.85. The van der Waals surface area contributed by atoms with Gasteiger partial charge < -0.3 is 13.5 Å². The summed E-state index contributed by atoms with van der Waals surface area (Å²) < 4.78 is 61.3. The van der Waals surface area contributed by atoms with Crippen LogP contribution in [0.15, 0.2) is 64.4 Å². The van der Waals surface area contributed by atoms with Gasteiger partial charge in [-0.1, -0.05) is 42.3 Å². The van der Waals surface area contributed by atoms with E-state index in [2.05, 4.69) is 0 Å². The SMILES string of the molecule is CCc1c(OS(=O)(=O)c2ccc(C)cc2)cc(OS(=O)(=O)c2ccc(C)cc2)c(C=O)c1O. The minimum absolute atomic E-state index is 0.00729. The predicted molar refractivity (Wildman–Crippen MR) is 121 cm³/mol. The highest BCUT2D eigenvalue weighted by Crippen LogP contribution is 2.40. The quantitative estimate of drug-likeness (QED) is 0.372. The molecule has 0 aliphatic carbocycles. The first kappa shape index (κ1) is 24.3. The minimum atomic E-state index is -4.39. The molecule has 3 aromatic carbocycles. The van der Waals surface area contributed by atoms with Gasteiger partial charge in [0.15, 0.2) is 17.8 Å². The van der Waals surface area contributed by atoms with Crippen LogP contribution in [-0.2, 0) is 26.7 Å². The van der Waals surface area contributed by atoms with Crippen molar-refractivity contribution in [3.05, 3.63) is 76.9 Å². The highest BCUT2D eigenvalue weighted by molar-refractivity contribution is 7.87. The fourth-order valence-electron chi connectivity index (χ4n) is 3.02. The van der Waals surface area contributed by atoms with Gasteiger partial charge in [0.1, 0.15) is 21.1 Å². The molecule has 0 unspecified atom stereocenters. The van der Waals surface area contributed by atoms with Crippen molar-refractivity contribution in [1.29, 1.82) is 0 Å². The van der Waals surface area contributed by atoms with Crippen LogP contribution >= 0.6 is 0 Å². The van der Waals surface area contributed by atoms with E-state index in [0.717, 1.165) is 17.2 Å². The van der Waals surface area contributed by atoms with Crippen molar-refractivity contribution in [3.63, 3.8) is 0 Å². The number of phenols is 1. The maximum atomic E-state index is 12.8. The molecule has 0 fully saturated rings. The number of phenolic OH excluding ortho intramolecular Hbond substituents is 1. The predicted octanol–water partition coefficient (Wildman–Crippen LogP) is 3.92. The minimum Gasteiger partial charge on any atom is -0.507 e. The van der Waals surface area contributed by atoms with E-state index in [0.29, 0.717) is 0 Å². The molecular weight excluding hydrogens is 468 g/mol. The first-order chi connectivity index (χ1) is 15.5. The Kier molecular flexibility index (Phi) is 6.80. The van der Waals surface area contributed by atoms with E-state index in [1.54, 1.807) is 45.0 Å². The number of aldehydes is 1. The fraction of sp³-hybridized carbons (Fsp3) is 0.174. The lowest BCUT2D eigenvalue weighted by Gasteiger charge is -2.16. The molecule has 0 spiro atoms. The molecule has 0 saturated heterocycles. The fourth-order valence-corrected chi connectivity index (χ4v) is 4.91. The molecule has 0 saturated carbocycles. The molecule has 3 rings (SSSR count). The van der Waals surface area contributed by atoms with Crippen molar-refractivity contribution < 1.29 is 35.1 Å². The van der Waals surface area contributed by atoms with Crippen LogP contribution in [0, 0.1) is 13.8 Å². The molecule has 0 amide bonds. The lowest BCUT2D eigenvalue weighted by Crippen LogP contribution is -2.14. The monoisotopic (exact) mass is 490 g/mol. The molecule has 0 bridgehead atoms. The van der Waals surface area contributed by atoms with Gasteiger partial charge in [-0.15, -0.1) is 0 Å². The molecule has 0 radical (unpaired) electrons. The van der Waals surface area contributed by atoms with Gasteiger partial charge >= 0.3 is 20.2 Å². The lowest BCUT2D eigenvalue weighted by atomic mass is 10.1. The molecule has 0 aromatic heterocycles. The number of rotatable bonds is 8. The first-order valence-corrected chi connectivity index (χ1v) is 12.7. The van der Waals surface area contributed by atoms with Crippen LogP contribution in [0.25, 0.3) is 0 Å². The third-order valence-corrected chi connectivity index (χ3v) is 7.35.